The number of benzene rings is 2. The summed E-state index contributed by atoms with van der Waals surface area (Å²) in [6.45, 7) is -0.0324. The highest BCUT2D eigenvalue weighted by molar-refractivity contribution is 5.88. The third-order valence-electron chi connectivity index (χ3n) is 2.81. The summed E-state index contributed by atoms with van der Waals surface area (Å²) >= 11 is 0. The number of halogens is 2. The molecule has 6 heteroatoms. The first-order chi connectivity index (χ1) is 10.0. The SMILES string of the molecule is COc1ccc(C(=O)O)cc1COc1ccc(F)c(F)c1. The van der Waals surface area contributed by atoms with Gasteiger partial charge in [0, 0.05) is 11.6 Å². The van der Waals surface area contributed by atoms with Crippen LogP contribution in [-0.4, -0.2) is 18.2 Å². The summed E-state index contributed by atoms with van der Waals surface area (Å²) in [5, 5.41) is 8.95. The number of methoxy groups -OCH3 is 1. The van der Waals surface area contributed by atoms with Gasteiger partial charge < -0.3 is 14.6 Å². The Balaban J connectivity index is 2.19. The minimum Gasteiger partial charge on any atom is -0.496 e. The number of aromatic carboxylic acids is 1. The molecule has 0 aliphatic rings. The van der Waals surface area contributed by atoms with E-state index in [0.717, 1.165) is 12.1 Å². The molecule has 0 saturated carbocycles. The molecule has 21 heavy (non-hydrogen) atoms. The Kier molecular flexibility index (Phi) is 4.37. The van der Waals surface area contributed by atoms with E-state index in [0.29, 0.717) is 11.3 Å². The quantitative estimate of drug-likeness (QED) is 0.919. The molecule has 0 fully saturated rings. The molecular weight excluding hydrogens is 282 g/mol. The fourth-order valence-electron chi connectivity index (χ4n) is 1.75. The first-order valence-electron chi connectivity index (χ1n) is 5.99. The molecule has 0 saturated heterocycles. The van der Waals surface area contributed by atoms with E-state index in [-0.39, 0.29) is 17.9 Å². The van der Waals surface area contributed by atoms with Crippen LogP contribution in [0.5, 0.6) is 11.5 Å². The van der Waals surface area contributed by atoms with E-state index in [1.54, 1.807) is 0 Å². The molecule has 0 spiro atoms. The van der Waals surface area contributed by atoms with Crippen molar-refractivity contribution in [3.05, 3.63) is 59.2 Å². The largest absolute Gasteiger partial charge is 0.496 e. The van der Waals surface area contributed by atoms with E-state index < -0.39 is 17.6 Å². The smallest absolute Gasteiger partial charge is 0.335 e. The van der Waals surface area contributed by atoms with Crippen molar-refractivity contribution >= 4 is 5.97 Å². The highest BCUT2D eigenvalue weighted by Crippen LogP contribution is 2.23. The van der Waals surface area contributed by atoms with Gasteiger partial charge in [0.25, 0.3) is 0 Å². The Morgan fingerprint density at radius 3 is 2.52 bits per heavy atom. The lowest BCUT2D eigenvalue weighted by Gasteiger charge is -2.11. The number of rotatable bonds is 5. The van der Waals surface area contributed by atoms with Gasteiger partial charge in [-0.15, -0.1) is 0 Å². The second-order valence-electron chi connectivity index (χ2n) is 4.20. The van der Waals surface area contributed by atoms with Crippen LogP contribution in [0.15, 0.2) is 36.4 Å². The zero-order valence-corrected chi connectivity index (χ0v) is 11.1. The van der Waals surface area contributed by atoms with Crippen LogP contribution in [-0.2, 0) is 6.61 Å². The van der Waals surface area contributed by atoms with Crippen molar-refractivity contribution in [2.75, 3.05) is 7.11 Å². The fraction of sp³-hybridized carbons (Fsp3) is 0.133. The Morgan fingerprint density at radius 2 is 1.90 bits per heavy atom. The third kappa shape index (κ3) is 3.47. The predicted molar refractivity (Wildman–Crippen MR) is 70.6 cm³/mol. The van der Waals surface area contributed by atoms with Crippen molar-refractivity contribution in [2.24, 2.45) is 0 Å². The van der Waals surface area contributed by atoms with Crippen LogP contribution in [0.2, 0.25) is 0 Å². The van der Waals surface area contributed by atoms with Crippen molar-refractivity contribution in [1.82, 2.24) is 0 Å². The fourth-order valence-corrected chi connectivity index (χ4v) is 1.75. The van der Waals surface area contributed by atoms with E-state index >= 15 is 0 Å². The molecular formula is C15H12F2O4. The molecule has 0 atom stereocenters. The maximum atomic E-state index is 13.1. The Morgan fingerprint density at radius 1 is 1.14 bits per heavy atom. The zero-order valence-electron chi connectivity index (χ0n) is 11.1. The molecule has 2 aromatic carbocycles. The molecule has 0 aliphatic carbocycles. The van der Waals surface area contributed by atoms with Gasteiger partial charge in [0.05, 0.1) is 12.7 Å². The van der Waals surface area contributed by atoms with E-state index in [9.17, 15) is 13.6 Å². The maximum Gasteiger partial charge on any atom is 0.335 e. The topological polar surface area (TPSA) is 55.8 Å². The number of carbonyl (C=O) groups is 1. The normalized spacial score (nSPS) is 10.2. The monoisotopic (exact) mass is 294 g/mol. The van der Waals surface area contributed by atoms with Crippen molar-refractivity contribution in [3.63, 3.8) is 0 Å². The van der Waals surface area contributed by atoms with Crippen molar-refractivity contribution in [2.45, 2.75) is 6.61 Å². The van der Waals surface area contributed by atoms with Crippen molar-refractivity contribution in [1.29, 1.82) is 0 Å². The van der Waals surface area contributed by atoms with Gasteiger partial charge in [-0.2, -0.15) is 0 Å². The predicted octanol–water partition coefficient (Wildman–Crippen LogP) is 3.25. The molecule has 4 nitrogen and oxygen atoms in total. The standard InChI is InChI=1S/C15H12F2O4/c1-20-14-5-2-9(15(18)19)6-10(14)8-21-11-3-4-12(16)13(17)7-11/h2-7H,8H2,1H3,(H,18,19). The van der Waals surface area contributed by atoms with Crippen molar-refractivity contribution < 1.29 is 28.2 Å². The number of carboxylic acid groups (broad SMARTS) is 1. The molecule has 2 rings (SSSR count). The minimum atomic E-state index is -1.08. The van der Waals surface area contributed by atoms with Crippen molar-refractivity contribution in [3.8, 4) is 11.5 Å². The molecule has 1 N–H and O–H groups in total. The van der Waals surface area contributed by atoms with Crippen LogP contribution in [0.4, 0.5) is 8.78 Å². The minimum absolute atomic E-state index is 0.0324. The molecule has 0 radical (unpaired) electrons. The van der Waals surface area contributed by atoms with Gasteiger partial charge in [0.2, 0.25) is 0 Å². The van der Waals surface area contributed by atoms with Gasteiger partial charge in [-0.3, -0.25) is 0 Å². The van der Waals surface area contributed by atoms with E-state index in [1.165, 1.54) is 31.4 Å². The summed E-state index contributed by atoms with van der Waals surface area (Å²) in [5.41, 5.74) is 0.571. The number of carboxylic acids is 1. The summed E-state index contributed by atoms with van der Waals surface area (Å²) in [7, 11) is 1.44. The molecule has 0 amide bonds. The van der Waals surface area contributed by atoms with Crippen LogP contribution in [0.3, 0.4) is 0 Å². The summed E-state index contributed by atoms with van der Waals surface area (Å²) < 4.78 is 36.3. The number of ether oxygens (including phenoxy) is 2. The Labute approximate surface area is 119 Å². The summed E-state index contributed by atoms with van der Waals surface area (Å²) in [6, 6.07) is 7.47. The van der Waals surface area contributed by atoms with E-state index in [1.807, 2.05) is 0 Å². The summed E-state index contributed by atoms with van der Waals surface area (Å²) in [4.78, 5) is 10.9. The molecule has 0 aromatic heterocycles. The van der Waals surface area contributed by atoms with E-state index in [4.69, 9.17) is 14.6 Å². The van der Waals surface area contributed by atoms with Crippen LogP contribution in [0.25, 0.3) is 0 Å². The van der Waals surface area contributed by atoms with Crippen LogP contribution < -0.4 is 9.47 Å². The molecule has 0 heterocycles. The molecule has 2 aromatic rings. The van der Waals surface area contributed by atoms with Gasteiger partial charge in [0.15, 0.2) is 11.6 Å². The van der Waals surface area contributed by atoms with Crippen LogP contribution in [0.1, 0.15) is 15.9 Å². The van der Waals surface area contributed by atoms with Crippen LogP contribution >= 0.6 is 0 Å². The van der Waals surface area contributed by atoms with Crippen LogP contribution in [0, 0.1) is 11.6 Å². The van der Waals surface area contributed by atoms with Gasteiger partial charge in [-0.05, 0) is 30.3 Å². The lowest BCUT2D eigenvalue weighted by molar-refractivity contribution is 0.0696. The average molecular weight is 294 g/mol. The third-order valence-corrected chi connectivity index (χ3v) is 2.81. The maximum absolute atomic E-state index is 13.1. The zero-order chi connectivity index (χ0) is 15.4. The average Bonchev–Trinajstić information content (AvgIpc) is 2.48. The van der Waals surface area contributed by atoms with Gasteiger partial charge in [-0.25, -0.2) is 13.6 Å². The number of hydrogen-bond donors (Lipinski definition) is 1. The van der Waals surface area contributed by atoms with Gasteiger partial charge in [-0.1, -0.05) is 0 Å². The highest BCUT2D eigenvalue weighted by atomic mass is 19.2. The Hall–Kier alpha value is -2.63. The lowest BCUT2D eigenvalue weighted by Crippen LogP contribution is -2.03. The second-order valence-corrected chi connectivity index (χ2v) is 4.20. The Bertz CT molecular complexity index is 671. The molecule has 0 aliphatic heterocycles. The van der Waals surface area contributed by atoms with E-state index in [2.05, 4.69) is 0 Å². The first kappa shape index (κ1) is 14.8. The lowest BCUT2D eigenvalue weighted by atomic mass is 10.1. The highest BCUT2D eigenvalue weighted by Gasteiger charge is 2.10. The first-order valence-corrected chi connectivity index (χ1v) is 5.99. The summed E-state index contributed by atoms with van der Waals surface area (Å²) in [6.07, 6.45) is 0. The summed E-state index contributed by atoms with van der Waals surface area (Å²) in [5.74, 6) is -2.47. The second kappa shape index (κ2) is 6.21. The van der Waals surface area contributed by atoms with Gasteiger partial charge in [0.1, 0.15) is 18.1 Å². The van der Waals surface area contributed by atoms with Gasteiger partial charge >= 0.3 is 5.97 Å². The number of hydrogen-bond acceptors (Lipinski definition) is 3. The molecule has 110 valence electrons. The molecule has 0 unspecified atom stereocenters. The molecule has 0 bridgehead atoms.